The first-order chi connectivity index (χ1) is 7.79. The molecule has 2 rings (SSSR count). The lowest BCUT2D eigenvalue weighted by Crippen LogP contribution is -2.17. The van der Waals surface area contributed by atoms with Gasteiger partial charge in [0.1, 0.15) is 5.75 Å². The van der Waals surface area contributed by atoms with Gasteiger partial charge in [-0.25, -0.2) is 0 Å². The van der Waals surface area contributed by atoms with Crippen LogP contribution in [-0.2, 0) is 6.42 Å². The Kier molecular flexibility index (Phi) is 4.11. The molecule has 1 aromatic rings. The molecule has 1 aromatic carbocycles. The van der Waals surface area contributed by atoms with Crippen LogP contribution in [0.1, 0.15) is 31.2 Å². The van der Waals surface area contributed by atoms with Crippen molar-refractivity contribution in [1.29, 1.82) is 0 Å². The SMILES string of the molecule is COc1ccccc1CC(Cl)CC1CCC1. The van der Waals surface area contributed by atoms with Gasteiger partial charge in [-0.2, -0.15) is 0 Å². The molecule has 0 spiro atoms. The van der Waals surface area contributed by atoms with Crippen molar-refractivity contribution in [3.63, 3.8) is 0 Å². The maximum Gasteiger partial charge on any atom is 0.122 e. The Morgan fingerprint density at radius 3 is 2.75 bits per heavy atom. The fourth-order valence-electron chi connectivity index (χ4n) is 2.28. The highest BCUT2D eigenvalue weighted by Gasteiger charge is 2.21. The highest BCUT2D eigenvalue weighted by atomic mass is 35.5. The summed E-state index contributed by atoms with van der Waals surface area (Å²) >= 11 is 6.40. The van der Waals surface area contributed by atoms with E-state index in [4.69, 9.17) is 16.3 Å². The van der Waals surface area contributed by atoms with Gasteiger partial charge in [-0.3, -0.25) is 0 Å². The van der Waals surface area contributed by atoms with Crippen LogP contribution in [0.15, 0.2) is 24.3 Å². The third-order valence-corrected chi connectivity index (χ3v) is 3.78. The summed E-state index contributed by atoms with van der Waals surface area (Å²) < 4.78 is 5.33. The normalized spacial score (nSPS) is 17.9. The molecule has 0 N–H and O–H groups in total. The van der Waals surface area contributed by atoms with Gasteiger partial charge < -0.3 is 4.74 Å². The lowest BCUT2D eigenvalue weighted by Gasteiger charge is -2.27. The number of hydrogen-bond donors (Lipinski definition) is 0. The molecule has 0 saturated heterocycles. The minimum Gasteiger partial charge on any atom is -0.496 e. The smallest absolute Gasteiger partial charge is 0.122 e. The van der Waals surface area contributed by atoms with Crippen molar-refractivity contribution in [3.05, 3.63) is 29.8 Å². The zero-order valence-electron chi connectivity index (χ0n) is 9.79. The van der Waals surface area contributed by atoms with E-state index < -0.39 is 0 Å². The monoisotopic (exact) mass is 238 g/mol. The van der Waals surface area contributed by atoms with E-state index in [1.165, 1.54) is 24.8 Å². The fraction of sp³-hybridized carbons (Fsp3) is 0.571. The van der Waals surface area contributed by atoms with Crippen LogP contribution in [0.25, 0.3) is 0 Å². The predicted octanol–water partition coefficient (Wildman–Crippen LogP) is 4.04. The predicted molar refractivity (Wildman–Crippen MR) is 68.3 cm³/mol. The summed E-state index contributed by atoms with van der Waals surface area (Å²) in [5.41, 5.74) is 1.23. The summed E-state index contributed by atoms with van der Waals surface area (Å²) in [6, 6.07) is 8.15. The minimum absolute atomic E-state index is 0.251. The fourth-order valence-corrected chi connectivity index (χ4v) is 2.70. The van der Waals surface area contributed by atoms with Gasteiger partial charge in [0, 0.05) is 5.38 Å². The maximum atomic E-state index is 6.40. The third-order valence-electron chi connectivity index (χ3n) is 3.45. The molecule has 1 unspecified atom stereocenters. The molecule has 0 radical (unpaired) electrons. The Morgan fingerprint density at radius 1 is 1.38 bits per heavy atom. The molecule has 0 heterocycles. The molecule has 88 valence electrons. The average molecular weight is 239 g/mol. The van der Waals surface area contributed by atoms with Crippen LogP contribution in [0.3, 0.4) is 0 Å². The number of benzene rings is 1. The van der Waals surface area contributed by atoms with Crippen molar-refractivity contribution in [2.45, 2.75) is 37.5 Å². The number of halogens is 1. The Morgan fingerprint density at radius 2 is 2.12 bits per heavy atom. The van der Waals surface area contributed by atoms with E-state index in [1.807, 2.05) is 18.2 Å². The Balaban J connectivity index is 1.91. The van der Waals surface area contributed by atoms with Gasteiger partial charge in [-0.05, 0) is 30.4 Å². The van der Waals surface area contributed by atoms with Gasteiger partial charge in [0.25, 0.3) is 0 Å². The molecular weight excluding hydrogens is 220 g/mol. The molecule has 0 aliphatic heterocycles. The summed E-state index contributed by atoms with van der Waals surface area (Å²) in [7, 11) is 1.72. The summed E-state index contributed by atoms with van der Waals surface area (Å²) in [6.45, 7) is 0. The van der Waals surface area contributed by atoms with Crippen molar-refractivity contribution in [3.8, 4) is 5.75 Å². The lowest BCUT2D eigenvalue weighted by molar-refractivity contribution is 0.291. The molecule has 1 aliphatic carbocycles. The summed E-state index contributed by atoms with van der Waals surface area (Å²) in [4.78, 5) is 0. The number of rotatable bonds is 5. The highest BCUT2D eigenvalue weighted by Crippen LogP contribution is 2.33. The average Bonchev–Trinajstić information content (AvgIpc) is 2.24. The van der Waals surface area contributed by atoms with Gasteiger partial charge in [0.15, 0.2) is 0 Å². The quantitative estimate of drug-likeness (QED) is 0.704. The topological polar surface area (TPSA) is 9.23 Å². The molecule has 0 bridgehead atoms. The second kappa shape index (κ2) is 5.58. The number of alkyl halides is 1. The molecule has 1 atom stereocenters. The standard InChI is InChI=1S/C14H19ClO/c1-16-14-8-3-2-7-12(14)10-13(15)9-11-5-4-6-11/h2-3,7-8,11,13H,4-6,9-10H2,1H3. The molecular formula is C14H19ClO. The summed E-state index contributed by atoms with van der Waals surface area (Å²) in [6.07, 6.45) is 6.20. The molecule has 2 heteroatoms. The van der Waals surface area contributed by atoms with E-state index in [-0.39, 0.29) is 5.38 Å². The zero-order chi connectivity index (χ0) is 11.4. The maximum absolute atomic E-state index is 6.40. The van der Waals surface area contributed by atoms with Crippen molar-refractivity contribution in [2.75, 3.05) is 7.11 Å². The van der Waals surface area contributed by atoms with E-state index in [0.717, 1.165) is 24.5 Å². The van der Waals surface area contributed by atoms with Gasteiger partial charge in [0.05, 0.1) is 7.11 Å². The summed E-state index contributed by atoms with van der Waals surface area (Å²) in [5, 5.41) is 0.251. The van der Waals surface area contributed by atoms with E-state index in [2.05, 4.69) is 6.07 Å². The van der Waals surface area contributed by atoms with Gasteiger partial charge in [-0.1, -0.05) is 37.5 Å². The second-order valence-corrected chi connectivity index (χ2v) is 5.26. The minimum atomic E-state index is 0.251. The second-order valence-electron chi connectivity index (χ2n) is 4.65. The first kappa shape index (κ1) is 11.8. The zero-order valence-corrected chi connectivity index (χ0v) is 10.5. The van der Waals surface area contributed by atoms with Crippen LogP contribution in [0.5, 0.6) is 5.75 Å². The number of ether oxygens (including phenoxy) is 1. The first-order valence-corrected chi connectivity index (χ1v) is 6.49. The molecule has 1 fully saturated rings. The van der Waals surface area contributed by atoms with Gasteiger partial charge in [0.2, 0.25) is 0 Å². The van der Waals surface area contributed by atoms with Crippen LogP contribution in [0.2, 0.25) is 0 Å². The Hall–Kier alpha value is -0.690. The molecule has 0 aromatic heterocycles. The van der Waals surface area contributed by atoms with Crippen LogP contribution < -0.4 is 4.74 Å². The molecule has 1 saturated carbocycles. The van der Waals surface area contributed by atoms with Gasteiger partial charge >= 0.3 is 0 Å². The van der Waals surface area contributed by atoms with Crippen LogP contribution >= 0.6 is 11.6 Å². The Labute approximate surface area is 103 Å². The molecule has 16 heavy (non-hydrogen) atoms. The van der Waals surface area contributed by atoms with Crippen molar-refractivity contribution in [2.24, 2.45) is 5.92 Å². The van der Waals surface area contributed by atoms with E-state index in [0.29, 0.717) is 0 Å². The molecule has 0 amide bonds. The van der Waals surface area contributed by atoms with Crippen molar-refractivity contribution in [1.82, 2.24) is 0 Å². The van der Waals surface area contributed by atoms with Crippen LogP contribution in [0, 0.1) is 5.92 Å². The van der Waals surface area contributed by atoms with Crippen LogP contribution in [-0.4, -0.2) is 12.5 Å². The molecule has 1 aliphatic rings. The largest absolute Gasteiger partial charge is 0.496 e. The number of para-hydroxylation sites is 1. The van der Waals surface area contributed by atoms with Gasteiger partial charge in [-0.15, -0.1) is 11.6 Å². The Bertz CT molecular complexity index is 333. The first-order valence-electron chi connectivity index (χ1n) is 6.05. The third kappa shape index (κ3) is 2.91. The van der Waals surface area contributed by atoms with E-state index >= 15 is 0 Å². The van der Waals surface area contributed by atoms with Crippen LogP contribution in [0.4, 0.5) is 0 Å². The van der Waals surface area contributed by atoms with Crippen molar-refractivity contribution >= 4 is 11.6 Å². The molecule has 1 nitrogen and oxygen atoms in total. The van der Waals surface area contributed by atoms with E-state index in [1.54, 1.807) is 7.11 Å². The van der Waals surface area contributed by atoms with E-state index in [9.17, 15) is 0 Å². The van der Waals surface area contributed by atoms with Crippen molar-refractivity contribution < 1.29 is 4.74 Å². The number of hydrogen-bond acceptors (Lipinski definition) is 1. The lowest BCUT2D eigenvalue weighted by atomic mass is 9.81. The highest BCUT2D eigenvalue weighted by molar-refractivity contribution is 6.20. The summed E-state index contributed by atoms with van der Waals surface area (Å²) in [5.74, 6) is 1.83. The number of methoxy groups -OCH3 is 1.